The third kappa shape index (κ3) is 2.33. The predicted octanol–water partition coefficient (Wildman–Crippen LogP) is 4.30. The normalized spacial score (nSPS) is 18.5. The Morgan fingerprint density at radius 1 is 1.31 bits per heavy atom. The summed E-state index contributed by atoms with van der Waals surface area (Å²) in [5.74, 6) is 0. The Balaban J connectivity index is 2.18. The minimum Gasteiger partial charge on any atom is -0.378 e. The van der Waals surface area contributed by atoms with E-state index in [-0.39, 0.29) is 5.41 Å². The standard InChI is InChI=1S/C14H19BrO/c1-11(2)16-10-14(8-5-9-14)12-6-3-4-7-13(12)15/h3-4,6-7,11H,5,8-10H2,1-2H3. The molecule has 1 saturated carbocycles. The van der Waals surface area contributed by atoms with E-state index in [1.54, 1.807) is 0 Å². The molecular weight excluding hydrogens is 264 g/mol. The molecule has 88 valence electrons. The third-order valence-electron chi connectivity index (χ3n) is 3.45. The van der Waals surface area contributed by atoms with Crippen molar-refractivity contribution in [1.29, 1.82) is 0 Å². The Kier molecular flexibility index (Phi) is 3.70. The van der Waals surface area contributed by atoms with E-state index < -0.39 is 0 Å². The fraction of sp³-hybridized carbons (Fsp3) is 0.571. The van der Waals surface area contributed by atoms with Gasteiger partial charge in [-0.1, -0.05) is 40.5 Å². The molecule has 1 nitrogen and oxygen atoms in total. The van der Waals surface area contributed by atoms with Crippen LogP contribution in [0.3, 0.4) is 0 Å². The van der Waals surface area contributed by atoms with E-state index in [0.29, 0.717) is 6.10 Å². The zero-order valence-electron chi connectivity index (χ0n) is 10.0. The molecule has 0 unspecified atom stereocenters. The summed E-state index contributed by atoms with van der Waals surface area (Å²) in [6.45, 7) is 5.06. The van der Waals surface area contributed by atoms with Gasteiger partial charge in [-0.3, -0.25) is 0 Å². The highest BCUT2D eigenvalue weighted by Crippen LogP contribution is 2.46. The Hall–Kier alpha value is -0.340. The van der Waals surface area contributed by atoms with Crippen molar-refractivity contribution < 1.29 is 4.74 Å². The number of rotatable bonds is 4. The first-order valence-corrected chi connectivity index (χ1v) is 6.80. The number of hydrogen-bond acceptors (Lipinski definition) is 1. The third-order valence-corrected chi connectivity index (χ3v) is 4.14. The summed E-state index contributed by atoms with van der Waals surface area (Å²) >= 11 is 3.66. The Labute approximate surface area is 106 Å². The second kappa shape index (κ2) is 4.89. The first-order valence-electron chi connectivity index (χ1n) is 6.01. The molecule has 0 heterocycles. The van der Waals surface area contributed by atoms with Crippen LogP contribution >= 0.6 is 15.9 Å². The minimum absolute atomic E-state index is 0.268. The largest absolute Gasteiger partial charge is 0.378 e. The van der Waals surface area contributed by atoms with E-state index >= 15 is 0 Å². The summed E-state index contributed by atoms with van der Waals surface area (Å²) in [6, 6.07) is 8.55. The molecule has 16 heavy (non-hydrogen) atoms. The van der Waals surface area contributed by atoms with Crippen molar-refractivity contribution in [3.05, 3.63) is 34.3 Å². The molecule has 0 aliphatic heterocycles. The fourth-order valence-electron chi connectivity index (χ4n) is 2.31. The zero-order valence-corrected chi connectivity index (χ0v) is 11.6. The summed E-state index contributed by atoms with van der Waals surface area (Å²) in [5.41, 5.74) is 1.69. The first-order chi connectivity index (χ1) is 7.64. The Bertz CT molecular complexity index is 356. The fourth-order valence-corrected chi connectivity index (χ4v) is 3.02. The molecule has 0 bridgehead atoms. The van der Waals surface area contributed by atoms with Crippen molar-refractivity contribution >= 4 is 15.9 Å². The minimum atomic E-state index is 0.268. The number of halogens is 1. The SMILES string of the molecule is CC(C)OCC1(c2ccccc2Br)CCC1. The van der Waals surface area contributed by atoms with Crippen LogP contribution in [0.25, 0.3) is 0 Å². The van der Waals surface area contributed by atoms with Crippen LogP contribution < -0.4 is 0 Å². The van der Waals surface area contributed by atoms with E-state index in [4.69, 9.17) is 4.74 Å². The van der Waals surface area contributed by atoms with Crippen LogP contribution in [0, 0.1) is 0 Å². The summed E-state index contributed by atoms with van der Waals surface area (Å²) in [6.07, 6.45) is 4.15. The van der Waals surface area contributed by atoms with Crippen molar-refractivity contribution in [2.45, 2.75) is 44.6 Å². The lowest BCUT2D eigenvalue weighted by molar-refractivity contribution is 0.00959. The van der Waals surface area contributed by atoms with Gasteiger partial charge in [-0.15, -0.1) is 0 Å². The average Bonchev–Trinajstić information content (AvgIpc) is 2.18. The smallest absolute Gasteiger partial charge is 0.0566 e. The molecule has 2 heteroatoms. The van der Waals surface area contributed by atoms with Crippen LogP contribution in [-0.2, 0) is 10.2 Å². The molecule has 0 atom stereocenters. The Morgan fingerprint density at radius 2 is 2.00 bits per heavy atom. The van der Waals surface area contributed by atoms with Gasteiger partial charge in [0.2, 0.25) is 0 Å². The molecule has 0 spiro atoms. The molecule has 1 aromatic carbocycles. The summed E-state index contributed by atoms with van der Waals surface area (Å²) in [4.78, 5) is 0. The highest BCUT2D eigenvalue weighted by Gasteiger charge is 2.40. The lowest BCUT2D eigenvalue weighted by atomic mass is 9.65. The number of benzene rings is 1. The molecule has 1 fully saturated rings. The first kappa shape index (κ1) is 12.1. The van der Waals surface area contributed by atoms with E-state index in [2.05, 4.69) is 54.0 Å². The lowest BCUT2D eigenvalue weighted by Crippen LogP contribution is -2.40. The van der Waals surface area contributed by atoms with E-state index in [1.165, 1.54) is 29.3 Å². The molecule has 0 amide bonds. The maximum atomic E-state index is 5.84. The maximum absolute atomic E-state index is 5.84. The molecule has 0 saturated heterocycles. The second-order valence-corrected chi connectivity index (χ2v) is 5.83. The van der Waals surface area contributed by atoms with Crippen molar-refractivity contribution in [2.24, 2.45) is 0 Å². The maximum Gasteiger partial charge on any atom is 0.0566 e. The molecule has 1 aromatic rings. The second-order valence-electron chi connectivity index (χ2n) is 4.97. The Morgan fingerprint density at radius 3 is 2.50 bits per heavy atom. The van der Waals surface area contributed by atoms with Gasteiger partial charge in [-0.25, -0.2) is 0 Å². The van der Waals surface area contributed by atoms with Gasteiger partial charge in [0.1, 0.15) is 0 Å². The highest BCUT2D eigenvalue weighted by atomic mass is 79.9. The molecule has 0 aromatic heterocycles. The van der Waals surface area contributed by atoms with Crippen molar-refractivity contribution in [3.8, 4) is 0 Å². The van der Waals surface area contributed by atoms with E-state index in [9.17, 15) is 0 Å². The summed E-state index contributed by atoms with van der Waals surface area (Å²) < 4.78 is 7.06. The average molecular weight is 283 g/mol. The van der Waals surface area contributed by atoms with Gasteiger partial charge in [0.15, 0.2) is 0 Å². The van der Waals surface area contributed by atoms with Crippen LogP contribution in [0.15, 0.2) is 28.7 Å². The van der Waals surface area contributed by atoms with Gasteiger partial charge in [0, 0.05) is 9.89 Å². The van der Waals surface area contributed by atoms with Crippen molar-refractivity contribution in [1.82, 2.24) is 0 Å². The molecule has 0 radical (unpaired) electrons. The lowest BCUT2D eigenvalue weighted by Gasteiger charge is -2.43. The molecule has 2 rings (SSSR count). The van der Waals surface area contributed by atoms with Gasteiger partial charge >= 0.3 is 0 Å². The van der Waals surface area contributed by atoms with Crippen molar-refractivity contribution in [3.63, 3.8) is 0 Å². The number of ether oxygens (including phenoxy) is 1. The van der Waals surface area contributed by atoms with Crippen LogP contribution in [-0.4, -0.2) is 12.7 Å². The monoisotopic (exact) mass is 282 g/mol. The topological polar surface area (TPSA) is 9.23 Å². The predicted molar refractivity (Wildman–Crippen MR) is 70.8 cm³/mol. The highest BCUT2D eigenvalue weighted by molar-refractivity contribution is 9.10. The van der Waals surface area contributed by atoms with E-state index in [1.807, 2.05) is 0 Å². The molecular formula is C14H19BrO. The van der Waals surface area contributed by atoms with Crippen LogP contribution in [0.5, 0.6) is 0 Å². The van der Waals surface area contributed by atoms with Gasteiger partial charge < -0.3 is 4.74 Å². The van der Waals surface area contributed by atoms with Gasteiger partial charge in [-0.05, 0) is 38.3 Å². The van der Waals surface area contributed by atoms with Crippen LogP contribution in [0.4, 0.5) is 0 Å². The zero-order chi connectivity index (χ0) is 11.6. The summed E-state index contributed by atoms with van der Waals surface area (Å²) in [5, 5.41) is 0. The van der Waals surface area contributed by atoms with Crippen LogP contribution in [0.2, 0.25) is 0 Å². The van der Waals surface area contributed by atoms with Gasteiger partial charge in [0.25, 0.3) is 0 Å². The molecule has 1 aliphatic rings. The van der Waals surface area contributed by atoms with Crippen molar-refractivity contribution in [2.75, 3.05) is 6.61 Å². The quantitative estimate of drug-likeness (QED) is 0.800. The van der Waals surface area contributed by atoms with E-state index in [0.717, 1.165) is 6.61 Å². The van der Waals surface area contributed by atoms with Crippen LogP contribution in [0.1, 0.15) is 38.7 Å². The van der Waals surface area contributed by atoms with Gasteiger partial charge in [-0.2, -0.15) is 0 Å². The molecule has 0 N–H and O–H groups in total. The number of hydrogen-bond donors (Lipinski definition) is 0. The summed E-state index contributed by atoms with van der Waals surface area (Å²) in [7, 11) is 0. The van der Waals surface area contributed by atoms with Gasteiger partial charge in [0.05, 0.1) is 12.7 Å². The molecule has 1 aliphatic carbocycles.